The zero-order valence-corrected chi connectivity index (χ0v) is 20.3. The van der Waals surface area contributed by atoms with Gasteiger partial charge in [0.15, 0.2) is 10.6 Å². The number of pyridine rings is 1. The molecule has 0 saturated carbocycles. The normalized spacial score (nSPS) is 16.9. The van der Waals surface area contributed by atoms with Gasteiger partial charge in [0.25, 0.3) is 10.0 Å². The molecule has 0 aliphatic carbocycles. The van der Waals surface area contributed by atoms with Crippen molar-refractivity contribution in [1.82, 2.24) is 20.3 Å². The molecule has 0 amide bonds. The highest BCUT2D eigenvalue weighted by Crippen LogP contribution is 2.34. The Morgan fingerprint density at radius 2 is 1.82 bits per heavy atom. The van der Waals surface area contributed by atoms with Crippen LogP contribution in [0.4, 0.5) is 0 Å². The zero-order chi connectivity index (χ0) is 23.9. The van der Waals surface area contributed by atoms with Crippen molar-refractivity contribution in [2.45, 2.75) is 23.5 Å². The Kier molecular flexibility index (Phi) is 6.22. The maximum atomic E-state index is 13.4. The Morgan fingerprint density at radius 1 is 1.06 bits per heavy atom. The van der Waals surface area contributed by atoms with Crippen LogP contribution in [0.3, 0.4) is 0 Å². The van der Waals surface area contributed by atoms with Gasteiger partial charge >= 0.3 is 0 Å². The Bertz CT molecular complexity index is 1510. The fourth-order valence-electron chi connectivity index (χ4n) is 3.77. The number of nitrogens with one attached hydrogen (secondary N) is 2. The molecule has 3 heterocycles. The van der Waals surface area contributed by atoms with Crippen LogP contribution in [0.25, 0.3) is 11.0 Å². The van der Waals surface area contributed by atoms with Crippen LogP contribution in [0.5, 0.6) is 0 Å². The highest BCUT2D eigenvalue weighted by Gasteiger charge is 2.33. The summed E-state index contributed by atoms with van der Waals surface area (Å²) >= 11 is 18.6. The quantitative estimate of drug-likeness (QED) is 0.346. The van der Waals surface area contributed by atoms with Crippen LogP contribution in [0.2, 0.25) is 15.1 Å². The molecule has 0 fully saturated rings. The number of hydrogen-bond donors (Lipinski definition) is 2. The average Bonchev–Trinajstić information content (AvgIpc) is 3.48. The Labute approximate surface area is 210 Å². The maximum absolute atomic E-state index is 13.4. The van der Waals surface area contributed by atoms with Crippen molar-refractivity contribution in [3.63, 3.8) is 0 Å². The van der Waals surface area contributed by atoms with Gasteiger partial charge in [0.1, 0.15) is 0 Å². The minimum Gasteiger partial charge on any atom is -0.356 e. The Balaban J connectivity index is 1.52. The lowest BCUT2D eigenvalue weighted by Gasteiger charge is -2.21. The number of hydrazone groups is 1. The summed E-state index contributed by atoms with van der Waals surface area (Å²) in [5.41, 5.74) is 5.39. The first-order valence-electron chi connectivity index (χ1n) is 10.1. The van der Waals surface area contributed by atoms with Crippen molar-refractivity contribution >= 4 is 61.5 Å². The van der Waals surface area contributed by atoms with Gasteiger partial charge < -0.3 is 9.95 Å². The molecule has 2 N–H and O–H groups in total. The summed E-state index contributed by atoms with van der Waals surface area (Å²) in [5, 5.41) is 9.54. The van der Waals surface area contributed by atoms with Gasteiger partial charge in [0.05, 0.1) is 29.4 Å². The van der Waals surface area contributed by atoms with E-state index < -0.39 is 16.1 Å². The predicted octanol–water partition coefficient (Wildman–Crippen LogP) is 5.29. The van der Waals surface area contributed by atoms with Crippen LogP contribution < -0.4 is 10.1 Å². The molecule has 2 aromatic carbocycles. The van der Waals surface area contributed by atoms with Crippen molar-refractivity contribution in [3.8, 4) is 0 Å². The van der Waals surface area contributed by atoms with Crippen LogP contribution >= 0.6 is 34.8 Å². The minimum absolute atomic E-state index is 0.162. The van der Waals surface area contributed by atoms with Crippen molar-refractivity contribution in [2.24, 2.45) is 5.10 Å². The minimum atomic E-state index is -4.13. The van der Waals surface area contributed by atoms with Gasteiger partial charge in [-0.25, -0.2) is 13.4 Å². The largest absolute Gasteiger partial charge is 0.356 e. The van der Waals surface area contributed by atoms with Gasteiger partial charge in [-0.1, -0.05) is 58.2 Å². The molecular formula is C22H16Cl3N5O3S. The third-order valence-corrected chi connectivity index (χ3v) is 7.63. The molecule has 34 heavy (non-hydrogen) atoms. The first-order valence-corrected chi connectivity index (χ1v) is 12.7. The third kappa shape index (κ3) is 4.49. The molecule has 174 valence electrons. The number of aromatic nitrogens is 2. The van der Waals surface area contributed by atoms with Crippen molar-refractivity contribution < 1.29 is 12.9 Å². The summed E-state index contributed by atoms with van der Waals surface area (Å²) in [6, 6.07) is 12.7. The lowest BCUT2D eigenvalue weighted by Crippen LogP contribution is -2.34. The summed E-state index contributed by atoms with van der Waals surface area (Å²) in [5.74, 6) is 0. The number of rotatable bonds is 6. The van der Waals surface area contributed by atoms with Gasteiger partial charge in [-0.3, -0.25) is 0 Å². The molecule has 5 rings (SSSR count). The van der Waals surface area contributed by atoms with E-state index in [9.17, 15) is 8.42 Å². The SMILES string of the molecule is O=S(=O)(N[C@@H](C1=NNC(c2ccc(Cl)cc2)C1)c1ccc(Cl)cc1Cl)c1nccc2oncc12. The molecule has 0 bridgehead atoms. The average molecular weight is 537 g/mol. The zero-order valence-electron chi connectivity index (χ0n) is 17.2. The van der Waals surface area contributed by atoms with E-state index in [2.05, 4.69) is 25.4 Å². The highest BCUT2D eigenvalue weighted by molar-refractivity contribution is 7.89. The molecule has 0 spiro atoms. The predicted molar refractivity (Wildman–Crippen MR) is 131 cm³/mol. The fraction of sp³-hybridized carbons (Fsp3) is 0.136. The number of nitrogens with zero attached hydrogens (tertiary/aromatic N) is 3. The number of benzene rings is 2. The highest BCUT2D eigenvalue weighted by atomic mass is 35.5. The number of fused-ring (bicyclic) bond motifs is 1. The Hall–Kier alpha value is -2.69. The van der Waals surface area contributed by atoms with E-state index in [1.807, 2.05) is 12.1 Å². The van der Waals surface area contributed by atoms with Gasteiger partial charge in [-0.15, -0.1) is 0 Å². The summed E-state index contributed by atoms with van der Waals surface area (Å²) < 4.78 is 34.7. The number of halogens is 3. The van der Waals surface area contributed by atoms with Crippen LogP contribution in [0, 0.1) is 0 Å². The lowest BCUT2D eigenvalue weighted by atomic mass is 9.96. The number of hydrogen-bond acceptors (Lipinski definition) is 7. The third-order valence-electron chi connectivity index (χ3n) is 5.43. The molecule has 2 atom stereocenters. The van der Waals surface area contributed by atoms with Crippen LogP contribution in [0.1, 0.15) is 29.6 Å². The molecule has 1 unspecified atom stereocenters. The monoisotopic (exact) mass is 535 g/mol. The van der Waals surface area contributed by atoms with E-state index in [4.69, 9.17) is 39.3 Å². The lowest BCUT2D eigenvalue weighted by molar-refractivity contribution is 0.456. The van der Waals surface area contributed by atoms with Gasteiger partial charge in [-0.2, -0.15) is 9.82 Å². The van der Waals surface area contributed by atoms with E-state index in [-0.39, 0.29) is 16.5 Å². The second-order valence-electron chi connectivity index (χ2n) is 7.61. The second-order valence-corrected chi connectivity index (χ2v) is 10.5. The van der Waals surface area contributed by atoms with E-state index >= 15 is 0 Å². The fourth-order valence-corrected chi connectivity index (χ4v) is 5.75. The smallest absolute Gasteiger partial charge is 0.259 e. The molecule has 4 aromatic rings. The first-order chi connectivity index (χ1) is 16.3. The molecule has 1 aliphatic heterocycles. The summed E-state index contributed by atoms with van der Waals surface area (Å²) in [7, 11) is -4.13. The van der Waals surface area contributed by atoms with Crippen molar-refractivity contribution in [2.75, 3.05) is 0 Å². The molecule has 1 aliphatic rings. The molecule has 12 heteroatoms. The summed E-state index contributed by atoms with van der Waals surface area (Å²) in [6.07, 6.45) is 3.09. The van der Waals surface area contributed by atoms with Crippen LogP contribution in [-0.2, 0) is 10.0 Å². The van der Waals surface area contributed by atoms with Crippen LogP contribution in [0.15, 0.2) is 75.6 Å². The van der Waals surface area contributed by atoms with E-state index in [1.54, 1.807) is 30.3 Å². The van der Waals surface area contributed by atoms with Gasteiger partial charge in [0, 0.05) is 33.8 Å². The molecule has 8 nitrogen and oxygen atoms in total. The maximum Gasteiger partial charge on any atom is 0.259 e. The number of sulfonamides is 1. The molecule has 2 aromatic heterocycles. The Morgan fingerprint density at radius 3 is 2.59 bits per heavy atom. The molecule has 0 radical (unpaired) electrons. The first kappa shape index (κ1) is 23.1. The molecule has 0 saturated heterocycles. The van der Waals surface area contributed by atoms with E-state index in [0.29, 0.717) is 38.3 Å². The second kappa shape index (κ2) is 9.16. The van der Waals surface area contributed by atoms with Crippen molar-refractivity contribution in [3.05, 3.63) is 87.1 Å². The molecular weight excluding hydrogens is 521 g/mol. The summed E-state index contributed by atoms with van der Waals surface area (Å²) in [6.45, 7) is 0. The van der Waals surface area contributed by atoms with Gasteiger partial charge in [-0.05, 0) is 35.4 Å². The summed E-state index contributed by atoms with van der Waals surface area (Å²) in [4.78, 5) is 4.06. The van der Waals surface area contributed by atoms with E-state index in [1.165, 1.54) is 18.5 Å². The van der Waals surface area contributed by atoms with Crippen molar-refractivity contribution in [1.29, 1.82) is 0 Å². The van der Waals surface area contributed by atoms with Crippen LogP contribution in [-0.4, -0.2) is 24.3 Å². The van der Waals surface area contributed by atoms with Gasteiger partial charge in [0.2, 0.25) is 0 Å². The topological polar surface area (TPSA) is 109 Å². The van der Waals surface area contributed by atoms with E-state index in [0.717, 1.165) is 5.56 Å². The standard InChI is InChI=1S/C22H16Cl3N5O3S/c23-13-3-1-12(2-4-13)18-10-19(29-28-18)21(15-6-5-14(24)9-17(15)25)30-34(31,32)22-16-11-27-33-20(16)7-8-26-22/h1-9,11,18,21,28,30H,10H2/t18?,21-/m1/s1.